The molecule has 3 aliphatic rings. The van der Waals surface area contributed by atoms with E-state index >= 15 is 0 Å². The summed E-state index contributed by atoms with van der Waals surface area (Å²) >= 11 is 0. The van der Waals surface area contributed by atoms with Crippen LogP contribution >= 0.6 is 0 Å². The smallest absolute Gasteiger partial charge is 0.222 e. The molecule has 1 aliphatic carbocycles. The summed E-state index contributed by atoms with van der Waals surface area (Å²) in [6.45, 7) is 4.87. The number of carbonyl (C=O) groups excluding carboxylic acids is 1. The summed E-state index contributed by atoms with van der Waals surface area (Å²) in [6.07, 6.45) is 5.91. The second kappa shape index (κ2) is 6.73. The van der Waals surface area contributed by atoms with Gasteiger partial charge in [0.25, 0.3) is 0 Å². The molecular weight excluding hydrogens is 312 g/mol. The topological polar surface area (TPSA) is 43.8 Å². The fourth-order valence-electron chi connectivity index (χ4n) is 5.54. The summed E-state index contributed by atoms with van der Waals surface area (Å²) in [5.74, 6) is 1.35. The predicted octanol–water partition coefficient (Wildman–Crippen LogP) is 2.63. The fraction of sp³-hybridized carbons (Fsp3) is 0.667. The fourth-order valence-corrected chi connectivity index (χ4v) is 5.54. The molecule has 0 bridgehead atoms. The first-order valence-electron chi connectivity index (χ1n) is 9.90. The summed E-state index contributed by atoms with van der Waals surface area (Å²) < 4.78 is 0. The van der Waals surface area contributed by atoms with Crippen molar-refractivity contribution in [3.8, 4) is 0 Å². The van der Waals surface area contributed by atoms with E-state index in [0.717, 1.165) is 25.6 Å². The van der Waals surface area contributed by atoms with Crippen LogP contribution in [0, 0.1) is 5.92 Å². The molecule has 2 aliphatic heterocycles. The maximum absolute atomic E-state index is 12.1. The molecule has 4 nitrogen and oxygen atoms in total. The van der Waals surface area contributed by atoms with E-state index in [-0.39, 0.29) is 24.1 Å². The van der Waals surface area contributed by atoms with Crippen LogP contribution in [0.3, 0.4) is 0 Å². The van der Waals surface area contributed by atoms with E-state index in [0.29, 0.717) is 12.3 Å². The second-order valence-electron chi connectivity index (χ2n) is 8.15. The van der Waals surface area contributed by atoms with Gasteiger partial charge in [-0.25, -0.2) is 0 Å². The van der Waals surface area contributed by atoms with E-state index in [9.17, 15) is 9.90 Å². The normalized spacial score (nSPS) is 28.8. The van der Waals surface area contributed by atoms with E-state index in [1.54, 1.807) is 0 Å². The van der Waals surface area contributed by atoms with Gasteiger partial charge in [0.05, 0.1) is 12.1 Å². The SMILES string of the molecule is CCC(=O)N1CC2(C1)[C@H](c1ccccc1)[C@H](CO)N2CC1CCCC1. The van der Waals surface area contributed by atoms with Gasteiger partial charge in [-0.15, -0.1) is 0 Å². The number of rotatable bonds is 5. The molecule has 136 valence electrons. The molecule has 1 N–H and O–H groups in total. The van der Waals surface area contributed by atoms with Gasteiger partial charge in [0.15, 0.2) is 0 Å². The Kier molecular flexibility index (Phi) is 4.59. The third kappa shape index (κ3) is 2.70. The first-order chi connectivity index (χ1) is 12.2. The zero-order valence-corrected chi connectivity index (χ0v) is 15.2. The molecule has 2 saturated heterocycles. The molecule has 1 spiro atoms. The zero-order valence-electron chi connectivity index (χ0n) is 15.2. The van der Waals surface area contributed by atoms with Crippen molar-refractivity contribution < 1.29 is 9.90 Å². The Morgan fingerprint density at radius 3 is 2.48 bits per heavy atom. The van der Waals surface area contributed by atoms with Gasteiger partial charge in [0, 0.05) is 38.0 Å². The third-order valence-electron chi connectivity index (χ3n) is 6.80. The van der Waals surface area contributed by atoms with Gasteiger partial charge >= 0.3 is 0 Å². The minimum atomic E-state index is 0.0438. The molecule has 0 unspecified atom stereocenters. The lowest BCUT2D eigenvalue weighted by Gasteiger charge is -2.71. The Hall–Kier alpha value is -1.39. The van der Waals surface area contributed by atoms with Crippen LogP contribution in [0.2, 0.25) is 0 Å². The number of carbonyl (C=O) groups is 1. The van der Waals surface area contributed by atoms with Crippen LogP contribution in [-0.4, -0.2) is 58.6 Å². The predicted molar refractivity (Wildman–Crippen MR) is 98.3 cm³/mol. The summed E-state index contributed by atoms with van der Waals surface area (Å²) in [5, 5.41) is 10.1. The number of likely N-dealkylation sites (tertiary alicyclic amines) is 2. The van der Waals surface area contributed by atoms with Crippen molar-refractivity contribution in [3.05, 3.63) is 35.9 Å². The summed E-state index contributed by atoms with van der Waals surface area (Å²) in [7, 11) is 0. The van der Waals surface area contributed by atoms with Crippen molar-refractivity contribution in [2.75, 3.05) is 26.2 Å². The molecule has 1 amide bonds. The van der Waals surface area contributed by atoms with Crippen molar-refractivity contribution >= 4 is 5.91 Å². The molecule has 2 heterocycles. The lowest BCUT2D eigenvalue weighted by molar-refractivity contribution is -0.199. The first kappa shape index (κ1) is 17.0. The third-order valence-corrected chi connectivity index (χ3v) is 6.80. The molecule has 0 radical (unpaired) electrons. The number of hydrogen-bond donors (Lipinski definition) is 1. The van der Waals surface area contributed by atoms with Crippen molar-refractivity contribution in [3.63, 3.8) is 0 Å². The highest BCUT2D eigenvalue weighted by molar-refractivity contribution is 5.77. The Labute approximate surface area is 150 Å². The van der Waals surface area contributed by atoms with Gasteiger partial charge in [0.2, 0.25) is 5.91 Å². The van der Waals surface area contributed by atoms with Crippen molar-refractivity contribution in [1.82, 2.24) is 9.80 Å². The van der Waals surface area contributed by atoms with Crippen LogP contribution in [0.25, 0.3) is 0 Å². The lowest BCUT2D eigenvalue weighted by atomic mass is 9.60. The van der Waals surface area contributed by atoms with Crippen LogP contribution in [-0.2, 0) is 4.79 Å². The van der Waals surface area contributed by atoms with Crippen molar-refractivity contribution in [2.45, 2.75) is 56.5 Å². The maximum Gasteiger partial charge on any atom is 0.222 e. The average molecular weight is 342 g/mol. The number of benzene rings is 1. The Morgan fingerprint density at radius 1 is 1.20 bits per heavy atom. The Morgan fingerprint density at radius 2 is 1.88 bits per heavy atom. The van der Waals surface area contributed by atoms with E-state index in [1.807, 2.05) is 17.9 Å². The highest BCUT2D eigenvalue weighted by Gasteiger charge is 2.66. The van der Waals surface area contributed by atoms with E-state index in [4.69, 9.17) is 0 Å². The van der Waals surface area contributed by atoms with E-state index in [2.05, 4.69) is 29.2 Å². The van der Waals surface area contributed by atoms with Crippen LogP contribution in [0.15, 0.2) is 30.3 Å². The molecule has 4 rings (SSSR count). The van der Waals surface area contributed by atoms with Gasteiger partial charge in [-0.05, 0) is 24.3 Å². The monoisotopic (exact) mass is 342 g/mol. The highest BCUT2D eigenvalue weighted by Crippen LogP contribution is 2.54. The Bertz CT molecular complexity index is 606. The van der Waals surface area contributed by atoms with Gasteiger partial charge in [-0.2, -0.15) is 0 Å². The summed E-state index contributed by atoms with van der Waals surface area (Å²) in [4.78, 5) is 16.7. The maximum atomic E-state index is 12.1. The lowest BCUT2D eigenvalue weighted by Crippen LogP contribution is -2.85. The molecular formula is C21H30N2O2. The number of aliphatic hydroxyl groups is 1. The molecule has 1 saturated carbocycles. The minimum Gasteiger partial charge on any atom is -0.395 e. The largest absolute Gasteiger partial charge is 0.395 e. The standard InChI is InChI=1S/C21H30N2O2/c1-2-19(25)22-14-21(15-22)20(17-10-4-3-5-11-17)18(13-24)23(21)12-16-8-6-7-9-16/h3-5,10-11,16,18,20,24H,2,6-9,12-15H2,1H3/t18-,20+/m0/s1. The number of amides is 1. The van der Waals surface area contributed by atoms with Gasteiger partial charge < -0.3 is 10.0 Å². The molecule has 3 fully saturated rings. The molecule has 25 heavy (non-hydrogen) atoms. The van der Waals surface area contributed by atoms with Gasteiger partial charge in [0.1, 0.15) is 0 Å². The number of aliphatic hydroxyl groups excluding tert-OH is 1. The van der Waals surface area contributed by atoms with Gasteiger partial charge in [-0.3, -0.25) is 9.69 Å². The highest BCUT2D eigenvalue weighted by atomic mass is 16.3. The summed E-state index contributed by atoms with van der Waals surface area (Å²) in [5.41, 5.74) is 1.36. The number of hydrogen-bond acceptors (Lipinski definition) is 3. The molecule has 0 aromatic heterocycles. The quantitative estimate of drug-likeness (QED) is 0.895. The Balaban J connectivity index is 1.58. The van der Waals surface area contributed by atoms with Crippen LogP contribution in [0.1, 0.15) is 50.5 Å². The average Bonchev–Trinajstić information content (AvgIpc) is 3.11. The molecule has 4 heteroatoms. The van der Waals surface area contributed by atoms with Crippen LogP contribution in [0.4, 0.5) is 0 Å². The van der Waals surface area contributed by atoms with Crippen molar-refractivity contribution in [2.24, 2.45) is 5.92 Å². The van der Waals surface area contributed by atoms with Gasteiger partial charge in [-0.1, -0.05) is 50.1 Å². The summed E-state index contributed by atoms with van der Waals surface area (Å²) in [6, 6.07) is 10.8. The first-order valence-corrected chi connectivity index (χ1v) is 9.90. The molecule has 1 aromatic carbocycles. The van der Waals surface area contributed by atoms with E-state index in [1.165, 1.54) is 31.2 Å². The minimum absolute atomic E-state index is 0.0438. The van der Waals surface area contributed by atoms with Crippen molar-refractivity contribution in [1.29, 1.82) is 0 Å². The zero-order chi connectivity index (χ0) is 17.4. The van der Waals surface area contributed by atoms with Crippen LogP contribution in [0.5, 0.6) is 0 Å². The molecule has 1 aromatic rings. The van der Waals surface area contributed by atoms with Crippen LogP contribution < -0.4 is 0 Å². The number of nitrogens with zero attached hydrogens (tertiary/aromatic N) is 2. The second-order valence-corrected chi connectivity index (χ2v) is 8.15. The van der Waals surface area contributed by atoms with E-state index < -0.39 is 0 Å². The molecule has 2 atom stereocenters.